The minimum atomic E-state index is -0.458. The number of hydrogen-bond donors (Lipinski definition) is 2. The molecule has 148 valence electrons. The van der Waals surface area contributed by atoms with Gasteiger partial charge in [0, 0.05) is 24.8 Å². The van der Waals surface area contributed by atoms with Gasteiger partial charge in [-0.2, -0.15) is 0 Å². The molecule has 0 aliphatic heterocycles. The van der Waals surface area contributed by atoms with E-state index in [1.165, 1.54) is 6.07 Å². The number of guanidine groups is 1. The molecule has 0 saturated carbocycles. The Morgan fingerprint density at radius 2 is 1.78 bits per heavy atom. The lowest BCUT2D eigenvalue weighted by Gasteiger charge is -2.14. The van der Waals surface area contributed by atoms with Crippen molar-refractivity contribution >= 4 is 35.6 Å². The predicted molar refractivity (Wildman–Crippen MR) is 115 cm³/mol. The number of nitrogens with zero attached hydrogens (tertiary/aromatic N) is 1. The third-order valence-corrected chi connectivity index (χ3v) is 3.65. The highest BCUT2D eigenvalue weighted by Gasteiger charge is 2.07. The number of aliphatic imine (C=N–C) groups is 1. The van der Waals surface area contributed by atoms with Crippen LogP contribution in [-0.2, 0) is 6.42 Å². The molecular weight excluding hydrogens is 467 g/mol. The average Bonchev–Trinajstić information content (AvgIpc) is 2.64. The zero-order valence-electron chi connectivity index (χ0n) is 15.5. The molecule has 2 N–H and O–H groups in total. The number of benzene rings is 2. The summed E-state index contributed by atoms with van der Waals surface area (Å²) in [6.45, 7) is 2.91. The summed E-state index contributed by atoms with van der Waals surface area (Å²) >= 11 is 0. The lowest BCUT2D eigenvalue weighted by Crippen LogP contribution is -2.30. The Balaban J connectivity index is 0.00000364. The highest BCUT2D eigenvalue weighted by atomic mass is 127. The van der Waals surface area contributed by atoms with Crippen LogP contribution < -0.4 is 20.1 Å². The van der Waals surface area contributed by atoms with Crippen molar-refractivity contribution in [2.24, 2.45) is 4.99 Å². The SMILES string of the molecule is CCNC(=NCCc1cc(F)ccc1F)Nc1ccc(OC)c(OC)c1.I. The van der Waals surface area contributed by atoms with Crippen molar-refractivity contribution in [1.29, 1.82) is 0 Å². The van der Waals surface area contributed by atoms with Crippen LogP contribution in [0.2, 0.25) is 0 Å². The van der Waals surface area contributed by atoms with E-state index in [0.29, 0.717) is 42.5 Å². The zero-order valence-corrected chi connectivity index (χ0v) is 17.8. The van der Waals surface area contributed by atoms with E-state index in [-0.39, 0.29) is 24.0 Å². The molecule has 0 heterocycles. The number of halogens is 3. The molecule has 2 aromatic carbocycles. The summed E-state index contributed by atoms with van der Waals surface area (Å²) in [6, 6.07) is 8.83. The molecular formula is C19H24F2IN3O2. The Hall–Kier alpha value is -2.10. The van der Waals surface area contributed by atoms with Crippen molar-refractivity contribution in [2.45, 2.75) is 13.3 Å². The largest absolute Gasteiger partial charge is 0.493 e. The van der Waals surface area contributed by atoms with Crippen molar-refractivity contribution in [3.63, 3.8) is 0 Å². The first-order valence-electron chi connectivity index (χ1n) is 8.28. The third-order valence-electron chi connectivity index (χ3n) is 3.65. The van der Waals surface area contributed by atoms with Crippen LogP contribution in [-0.4, -0.2) is 33.3 Å². The highest BCUT2D eigenvalue weighted by Crippen LogP contribution is 2.29. The molecule has 2 aromatic rings. The lowest BCUT2D eigenvalue weighted by molar-refractivity contribution is 0.355. The molecule has 0 amide bonds. The van der Waals surface area contributed by atoms with Gasteiger partial charge in [-0.05, 0) is 49.2 Å². The summed E-state index contributed by atoms with van der Waals surface area (Å²) in [4.78, 5) is 4.41. The fraction of sp³-hybridized carbons (Fsp3) is 0.316. The first-order chi connectivity index (χ1) is 12.6. The van der Waals surface area contributed by atoms with Gasteiger partial charge in [0.2, 0.25) is 0 Å². The number of rotatable bonds is 7. The smallest absolute Gasteiger partial charge is 0.195 e. The summed E-state index contributed by atoms with van der Waals surface area (Å²) < 4.78 is 37.4. The fourth-order valence-corrected chi connectivity index (χ4v) is 2.38. The van der Waals surface area contributed by atoms with Crippen LogP contribution in [0.4, 0.5) is 14.5 Å². The van der Waals surface area contributed by atoms with Crippen LogP contribution in [0.3, 0.4) is 0 Å². The Kier molecular flexibility index (Phi) is 9.84. The molecule has 0 spiro atoms. The summed E-state index contributed by atoms with van der Waals surface area (Å²) in [5.74, 6) is 0.869. The maximum absolute atomic E-state index is 13.7. The minimum absolute atomic E-state index is 0. The van der Waals surface area contributed by atoms with E-state index in [1.807, 2.05) is 13.0 Å². The van der Waals surface area contributed by atoms with E-state index in [9.17, 15) is 8.78 Å². The number of ether oxygens (including phenoxy) is 2. The number of anilines is 1. The maximum atomic E-state index is 13.7. The molecule has 0 aromatic heterocycles. The van der Waals surface area contributed by atoms with E-state index in [0.717, 1.165) is 17.8 Å². The Bertz CT molecular complexity index is 773. The molecule has 5 nitrogen and oxygen atoms in total. The molecule has 27 heavy (non-hydrogen) atoms. The highest BCUT2D eigenvalue weighted by molar-refractivity contribution is 14.0. The van der Waals surface area contributed by atoms with Crippen LogP contribution >= 0.6 is 24.0 Å². The van der Waals surface area contributed by atoms with Gasteiger partial charge in [0.05, 0.1) is 14.2 Å². The average molecular weight is 491 g/mol. The van der Waals surface area contributed by atoms with Crippen molar-refractivity contribution in [2.75, 3.05) is 32.6 Å². The number of methoxy groups -OCH3 is 2. The Labute approximate surface area is 175 Å². The van der Waals surface area contributed by atoms with Gasteiger partial charge >= 0.3 is 0 Å². The quantitative estimate of drug-likeness (QED) is 0.346. The van der Waals surface area contributed by atoms with Gasteiger partial charge in [-0.15, -0.1) is 24.0 Å². The molecule has 0 aliphatic carbocycles. The van der Waals surface area contributed by atoms with Crippen molar-refractivity contribution in [1.82, 2.24) is 5.32 Å². The standard InChI is InChI=1S/C19H23F2N3O2.HI/c1-4-22-19(23-10-9-13-11-14(20)5-7-16(13)21)24-15-6-8-17(25-2)18(12-15)26-3;/h5-8,11-12H,4,9-10H2,1-3H3,(H2,22,23,24);1H. The summed E-state index contributed by atoms with van der Waals surface area (Å²) in [6.07, 6.45) is 0.298. The molecule has 0 unspecified atom stereocenters. The van der Waals surface area contributed by atoms with Gasteiger partial charge in [0.1, 0.15) is 11.6 Å². The maximum Gasteiger partial charge on any atom is 0.195 e. The summed E-state index contributed by atoms with van der Waals surface area (Å²) in [5, 5.41) is 6.26. The first-order valence-corrected chi connectivity index (χ1v) is 8.28. The van der Waals surface area contributed by atoms with Gasteiger partial charge in [-0.1, -0.05) is 0 Å². The van der Waals surface area contributed by atoms with Crippen LogP contribution in [0.15, 0.2) is 41.4 Å². The van der Waals surface area contributed by atoms with E-state index in [1.54, 1.807) is 26.4 Å². The molecule has 0 fully saturated rings. The second kappa shape index (κ2) is 11.6. The second-order valence-corrected chi connectivity index (χ2v) is 5.44. The van der Waals surface area contributed by atoms with Gasteiger partial charge in [0.15, 0.2) is 17.5 Å². The molecule has 0 aliphatic rings. The second-order valence-electron chi connectivity index (χ2n) is 5.44. The van der Waals surface area contributed by atoms with E-state index < -0.39 is 11.6 Å². The van der Waals surface area contributed by atoms with Crippen molar-refractivity contribution in [3.8, 4) is 11.5 Å². The van der Waals surface area contributed by atoms with Crippen LogP contribution in [0, 0.1) is 11.6 Å². The van der Waals surface area contributed by atoms with Crippen LogP contribution in [0.25, 0.3) is 0 Å². The van der Waals surface area contributed by atoms with Crippen molar-refractivity contribution < 1.29 is 18.3 Å². The monoisotopic (exact) mass is 491 g/mol. The predicted octanol–water partition coefficient (Wildman–Crippen LogP) is 4.22. The number of hydrogen-bond acceptors (Lipinski definition) is 3. The molecule has 8 heteroatoms. The lowest BCUT2D eigenvalue weighted by atomic mass is 10.1. The molecule has 0 saturated heterocycles. The molecule has 0 atom stereocenters. The molecule has 0 radical (unpaired) electrons. The van der Waals surface area contributed by atoms with Gasteiger partial charge in [-0.3, -0.25) is 4.99 Å². The normalized spacial score (nSPS) is 10.8. The van der Waals surface area contributed by atoms with Gasteiger partial charge in [0.25, 0.3) is 0 Å². The Morgan fingerprint density at radius 1 is 1.04 bits per heavy atom. The summed E-state index contributed by atoms with van der Waals surface area (Å²) in [5.41, 5.74) is 1.06. The first kappa shape index (κ1) is 22.9. The van der Waals surface area contributed by atoms with E-state index in [2.05, 4.69) is 15.6 Å². The third kappa shape index (κ3) is 6.85. The van der Waals surface area contributed by atoms with Gasteiger partial charge < -0.3 is 20.1 Å². The minimum Gasteiger partial charge on any atom is -0.493 e. The summed E-state index contributed by atoms with van der Waals surface area (Å²) in [7, 11) is 3.14. The van der Waals surface area contributed by atoms with Crippen molar-refractivity contribution in [3.05, 3.63) is 53.6 Å². The topological polar surface area (TPSA) is 54.9 Å². The number of nitrogens with one attached hydrogen (secondary N) is 2. The van der Waals surface area contributed by atoms with E-state index in [4.69, 9.17) is 9.47 Å². The van der Waals surface area contributed by atoms with E-state index >= 15 is 0 Å². The molecule has 0 bridgehead atoms. The van der Waals surface area contributed by atoms with Gasteiger partial charge in [-0.25, -0.2) is 8.78 Å². The zero-order chi connectivity index (χ0) is 18.9. The Morgan fingerprint density at radius 3 is 2.44 bits per heavy atom. The van der Waals surface area contributed by atoms with Crippen LogP contribution in [0.5, 0.6) is 11.5 Å². The fourth-order valence-electron chi connectivity index (χ4n) is 2.38. The van der Waals surface area contributed by atoms with Crippen LogP contribution in [0.1, 0.15) is 12.5 Å². The molecule has 2 rings (SSSR count).